The van der Waals surface area contributed by atoms with E-state index >= 15 is 0 Å². The van der Waals surface area contributed by atoms with Crippen LogP contribution in [0.1, 0.15) is 11.1 Å². The molecule has 0 spiro atoms. The maximum Gasteiger partial charge on any atom is 0.121 e. The van der Waals surface area contributed by atoms with E-state index in [0.29, 0.717) is 22.4 Å². The largest absolute Gasteiger partial charge is 0.489 e. The summed E-state index contributed by atoms with van der Waals surface area (Å²) in [6.45, 7) is 0.205. The summed E-state index contributed by atoms with van der Waals surface area (Å²) in [5, 5.41) is 9.70. The van der Waals surface area contributed by atoms with Crippen LogP contribution in [-0.2, 0) is 6.61 Å². The van der Waals surface area contributed by atoms with Crippen molar-refractivity contribution in [2.24, 2.45) is 0 Å². The Bertz CT molecular complexity index is 657. The van der Waals surface area contributed by atoms with Crippen LogP contribution in [-0.4, -0.2) is 11.7 Å². The van der Waals surface area contributed by atoms with E-state index in [1.54, 1.807) is 18.2 Å². The fourth-order valence-electron chi connectivity index (χ4n) is 1.63. The molecular weight excluding hydrogens is 295 g/mol. The van der Waals surface area contributed by atoms with Gasteiger partial charge in [0.15, 0.2) is 0 Å². The van der Waals surface area contributed by atoms with Crippen molar-refractivity contribution in [2.45, 2.75) is 6.61 Å². The molecular formula is C16H12Cl2O2. The molecule has 0 saturated heterocycles. The fraction of sp³-hybridized carbons (Fsp3) is 0.125. The molecule has 0 aliphatic heterocycles. The van der Waals surface area contributed by atoms with Gasteiger partial charge >= 0.3 is 0 Å². The van der Waals surface area contributed by atoms with Crippen LogP contribution in [0.5, 0.6) is 5.75 Å². The summed E-state index contributed by atoms with van der Waals surface area (Å²) in [4.78, 5) is 0. The Hall–Kier alpha value is -1.66. The summed E-state index contributed by atoms with van der Waals surface area (Å²) in [5.74, 6) is 6.17. The minimum absolute atomic E-state index is 0.165. The molecule has 4 heteroatoms. The third kappa shape index (κ3) is 3.91. The van der Waals surface area contributed by atoms with Crippen molar-refractivity contribution < 1.29 is 9.84 Å². The summed E-state index contributed by atoms with van der Waals surface area (Å²) >= 11 is 11.8. The van der Waals surface area contributed by atoms with E-state index in [4.69, 9.17) is 33.0 Å². The molecule has 1 N–H and O–H groups in total. The highest BCUT2D eigenvalue weighted by Gasteiger charge is 2.03. The Morgan fingerprint density at radius 2 is 1.85 bits per heavy atom. The van der Waals surface area contributed by atoms with E-state index < -0.39 is 0 Å². The van der Waals surface area contributed by atoms with Gasteiger partial charge < -0.3 is 9.84 Å². The molecule has 2 nitrogen and oxygen atoms in total. The smallest absolute Gasteiger partial charge is 0.121 e. The van der Waals surface area contributed by atoms with E-state index in [2.05, 4.69) is 11.8 Å². The lowest BCUT2D eigenvalue weighted by atomic mass is 10.1. The van der Waals surface area contributed by atoms with Gasteiger partial charge in [0, 0.05) is 17.2 Å². The van der Waals surface area contributed by atoms with E-state index in [1.807, 2.05) is 24.3 Å². The first-order chi connectivity index (χ1) is 9.70. The van der Waals surface area contributed by atoms with Gasteiger partial charge in [-0.25, -0.2) is 0 Å². The number of hydrogen-bond acceptors (Lipinski definition) is 2. The molecule has 20 heavy (non-hydrogen) atoms. The molecule has 0 aromatic heterocycles. The van der Waals surface area contributed by atoms with Gasteiger partial charge in [0.05, 0.1) is 10.0 Å². The molecule has 0 unspecified atom stereocenters. The average Bonchev–Trinajstić information content (AvgIpc) is 2.47. The number of aliphatic hydroxyl groups is 1. The van der Waals surface area contributed by atoms with Crippen LogP contribution in [0.3, 0.4) is 0 Å². The lowest BCUT2D eigenvalue weighted by Gasteiger charge is -2.08. The molecule has 0 heterocycles. The Kier molecular flexibility index (Phi) is 5.31. The van der Waals surface area contributed by atoms with Crippen LogP contribution in [0.4, 0.5) is 0 Å². The van der Waals surface area contributed by atoms with Gasteiger partial charge in [-0.3, -0.25) is 0 Å². The normalized spacial score (nSPS) is 9.75. The SMILES string of the molecule is OCC#Cc1ccccc1COc1ccc(Cl)c(Cl)c1. The molecule has 0 amide bonds. The Balaban J connectivity index is 2.12. The molecule has 0 fully saturated rings. The highest BCUT2D eigenvalue weighted by atomic mass is 35.5. The number of benzene rings is 2. The Labute approximate surface area is 127 Å². The third-order valence-corrected chi connectivity index (χ3v) is 3.34. The molecule has 0 aliphatic rings. The van der Waals surface area contributed by atoms with Crippen LogP contribution in [0.15, 0.2) is 42.5 Å². The molecule has 0 saturated carbocycles. The minimum Gasteiger partial charge on any atom is -0.489 e. The highest BCUT2D eigenvalue weighted by molar-refractivity contribution is 6.42. The van der Waals surface area contributed by atoms with E-state index in [0.717, 1.165) is 11.1 Å². The molecule has 0 radical (unpaired) electrons. The zero-order valence-electron chi connectivity index (χ0n) is 10.6. The van der Waals surface area contributed by atoms with Gasteiger partial charge in [-0.15, -0.1) is 0 Å². The van der Waals surface area contributed by atoms with Crippen LogP contribution in [0.25, 0.3) is 0 Å². The zero-order chi connectivity index (χ0) is 14.4. The number of halogens is 2. The first-order valence-corrected chi connectivity index (χ1v) is 6.72. The number of rotatable bonds is 3. The zero-order valence-corrected chi connectivity index (χ0v) is 12.1. The summed E-state index contributed by atoms with van der Waals surface area (Å²) in [6.07, 6.45) is 0. The van der Waals surface area contributed by atoms with Crippen molar-refractivity contribution in [3.05, 3.63) is 63.6 Å². The van der Waals surface area contributed by atoms with Crippen molar-refractivity contribution in [2.75, 3.05) is 6.61 Å². The maximum absolute atomic E-state index is 8.75. The molecule has 2 aromatic carbocycles. The number of hydrogen-bond donors (Lipinski definition) is 1. The van der Waals surface area contributed by atoms with E-state index in [-0.39, 0.29) is 6.61 Å². The fourth-order valence-corrected chi connectivity index (χ4v) is 1.92. The summed E-state index contributed by atoms with van der Waals surface area (Å²) in [7, 11) is 0. The molecule has 2 rings (SSSR count). The lowest BCUT2D eigenvalue weighted by Crippen LogP contribution is -1.98. The Morgan fingerprint density at radius 3 is 2.60 bits per heavy atom. The van der Waals surface area contributed by atoms with Gasteiger partial charge in [0.25, 0.3) is 0 Å². The molecule has 2 aromatic rings. The van der Waals surface area contributed by atoms with E-state index in [9.17, 15) is 0 Å². The van der Waals surface area contributed by atoms with Crippen molar-refractivity contribution in [1.29, 1.82) is 0 Å². The van der Waals surface area contributed by atoms with Gasteiger partial charge in [-0.1, -0.05) is 53.2 Å². The quantitative estimate of drug-likeness (QED) is 0.871. The van der Waals surface area contributed by atoms with Gasteiger partial charge in [0.1, 0.15) is 19.0 Å². The van der Waals surface area contributed by atoms with Crippen molar-refractivity contribution in [3.8, 4) is 17.6 Å². The summed E-state index contributed by atoms with van der Waals surface area (Å²) in [5.41, 5.74) is 1.78. The minimum atomic E-state index is -0.165. The predicted molar refractivity (Wildman–Crippen MR) is 81.2 cm³/mol. The third-order valence-electron chi connectivity index (χ3n) is 2.60. The first-order valence-electron chi connectivity index (χ1n) is 5.96. The van der Waals surface area contributed by atoms with Crippen molar-refractivity contribution >= 4 is 23.2 Å². The van der Waals surface area contributed by atoms with Crippen molar-refractivity contribution in [1.82, 2.24) is 0 Å². The standard InChI is InChI=1S/C16H12Cl2O2/c17-15-8-7-14(10-16(15)18)20-11-13-5-2-1-4-12(13)6-3-9-19/h1-2,4-5,7-8,10,19H,9,11H2. The first kappa shape index (κ1) is 14.7. The average molecular weight is 307 g/mol. The van der Waals surface area contributed by atoms with Crippen molar-refractivity contribution in [3.63, 3.8) is 0 Å². The maximum atomic E-state index is 8.75. The summed E-state index contributed by atoms with van der Waals surface area (Å²) < 4.78 is 5.68. The van der Waals surface area contributed by atoms with Gasteiger partial charge in [-0.2, -0.15) is 0 Å². The van der Waals surface area contributed by atoms with E-state index in [1.165, 1.54) is 0 Å². The molecule has 102 valence electrons. The van der Waals surface area contributed by atoms with Crippen LogP contribution >= 0.6 is 23.2 Å². The Morgan fingerprint density at radius 1 is 1.05 bits per heavy atom. The van der Waals surface area contributed by atoms with Crippen LogP contribution in [0.2, 0.25) is 10.0 Å². The molecule has 0 aliphatic carbocycles. The molecule has 0 bridgehead atoms. The second-order valence-electron chi connectivity index (χ2n) is 3.98. The lowest BCUT2D eigenvalue weighted by molar-refractivity contribution is 0.306. The van der Waals surface area contributed by atoms with Crippen LogP contribution in [0, 0.1) is 11.8 Å². The number of aliphatic hydroxyl groups excluding tert-OH is 1. The number of ether oxygens (including phenoxy) is 1. The molecule has 0 atom stereocenters. The highest BCUT2D eigenvalue weighted by Crippen LogP contribution is 2.26. The summed E-state index contributed by atoms with van der Waals surface area (Å²) in [6, 6.07) is 12.7. The predicted octanol–water partition coefficient (Wildman–Crippen LogP) is 3.92. The van der Waals surface area contributed by atoms with Gasteiger partial charge in [-0.05, 0) is 18.2 Å². The second kappa shape index (κ2) is 7.21. The topological polar surface area (TPSA) is 29.5 Å². The monoisotopic (exact) mass is 306 g/mol. The van der Waals surface area contributed by atoms with Gasteiger partial charge in [0.2, 0.25) is 0 Å². The second-order valence-corrected chi connectivity index (χ2v) is 4.80. The van der Waals surface area contributed by atoms with Crippen LogP contribution < -0.4 is 4.74 Å².